The molecule has 0 radical (unpaired) electrons. The van der Waals surface area contributed by atoms with Crippen molar-refractivity contribution in [1.29, 1.82) is 0 Å². The molecule has 5 rings (SSSR count). The molecule has 16 nitrogen and oxygen atoms in total. The van der Waals surface area contributed by atoms with Gasteiger partial charge in [0.25, 0.3) is 15.9 Å². The third-order valence-corrected chi connectivity index (χ3v) is 7.84. The zero-order valence-electron chi connectivity index (χ0n) is 22.8. The van der Waals surface area contributed by atoms with E-state index in [1.54, 1.807) is 31.2 Å². The average Bonchev–Trinajstić information content (AvgIpc) is 3.54. The van der Waals surface area contributed by atoms with E-state index in [1.165, 1.54) is 42.3 Å². The molecule has 226 valence electrons. The highest BCUT2D eigenvalue weighted by Crippen LogP contribution is 2.32. The Morgan fingerprint density at radius 2 is 1.79 bits per heavy atom. The first-order valence-electron chi connectivity index (χ1n) is 12.9. The Balaban J connectivity index is 1.29. The lowest BCUT2D eigenvalue weighted by Gasteiger charge is -2.16. The van der Waals surface area contributed by atoms with E-state index in [0.29, 0.717) is 18.0 Å². The number of aliphatic hydroxyl groups excluding tert-OH is 2. The molecule has 0 unspecified atom stereocenters. The van der Waals surface area contributed by atoms with Gasteiger partial charge in [-0.3, -0.25) is 19.4 Å². The maximum Gasteiger partial charge on any atom is 0.324 e. The van der Waals surface area contributed by atoms with Crippen LogP contribution in [0.15, 0.2) is 66.1 Å². The Morgan fingerprint density at radius 1 is 1.02 bits per heavy atom. The van der Waals surface area contributed by atoms with Crippen LogP contribution in [0.25, 0.3) is 11.2 Å². The van der Waals surface area contributed by atoms with Gasteiger partial charge in [-0.05, 0) is 49.4 Å². The number of fused-ring (bicyclic) bond motifs is 1. The standard InChI is InChI=1S/C26H28N8O8S/c1-3-27-24(37)21-19(35)20(36)25(42-21)34-13-30-18-22(28-12-29-23(18)34)32-26(38)31-15-5-4-6-17(11-15)43(39,40)33-14-7-9-16(41-2)10-8-14/h4-13,19-21,25,33,35-36H,3H2,1-2H3,(H,27,37)(H2,28,29,31,32,38)/t19-,20+,21-,25+/m0/s1. The zero-order chi connectivity index (χ0) is 30.7. The molecular formula is C26H28N8O8S. The molecule has 2 aromatic heterocycles. The number of aromatic nitrogens is 4. The monoisotopic (exact) mass is 612 g/mol. The number of nitrogens with one attached hydrogen (secondary N) is 4. The number of nitrogens with zero attached hydrogens (tertiary/aromatic N) is 4. The van der Waals surface area contributed by atoms with Crippen LogP contribution in [-0.4, -0.2) is 82.1 Å². The van der Waals surface area contributed by atoms with Crippen LogP contribution in [-0.2, 0) is 19.6 Å². The highest BCUT2D eigenvalue weighted by Gasteiger charge is 2.47. The van der Waals surface area contributed by atoms with Gasteiger partial charge in [0.1, 0.15) is 24.3 Å². The summed E-state index contributed by atoms with van der Waals surface area (Å²) in [6.45, 7) is 2.02. The van der Waals surface area contributed by atoms with Gasteiger partial charge in [0, 0.05) is 17.9 Å². The van der Waals surface area contributed by atoms with Crippen molar-refractivity contribution in [2.45, 2.75) is 36.4 Å². The third kappa shape index (κ3) is 6.19. The molecule has 1 fully saturated rings. The van der Waals surface area contributed by atoms with Crippen molar-refractivity contribution in [1.82, 2.24) is 24.8 Å². The van der Waals surface area contributed by atoms with E-state index >= 15 is 0 Å². The summed E-state index contributed by atoms with van der Waals surface area (Å²) in [5, 5.41) is 28.6. The minimum absolute atomic E-state index is 0.000454. The molecule has 43 heavy (non-hydrogen) atoms. The number of anilines is 3. The SMILES string of the molecule is CCNC(=O)[C@H]1O[C@@H](n2cnc3c(NC(=O)Nc4cccc(S(=O)(=O)Nc5ccc(OC)cc5)c4)ncnc32)[C@H](O)[C@@H]1O. The summed E-state index contributed by atoms with van der Waals surface area (Å²) in [5.41, 5.74) is 0.785. The molecule has 1 aliphatic rings. The smallest absolute Gasteiger partial charge is 0.324 e. The molecular weight excluding hydrogens is 584 g/mol. The number of rotatable bonds is 9. The molecule has 4 aromatic rings. The minimum atomic E-state index is -3.98. The summed E-state index contributed by atoms with van der Waals surface area (Å²) < 4.78 is 40.3. The van der Waals surface area contributed by atoms with Crippen LogP contribution in [0.1, 0.15) is 13.2 Å². The number of ether oxygens (including phenoxy) is 2. The quantitative estimate of drug-likeness (QED) is 0.157. The number of carbonyl (C=O) groups is 2. The Bertz CT molecular complexity index is 1750. The van der Waals surface area contributed by atoms with Gasteiger partial charge in [0.05, 0.1) is 18.3 Å². The maximum atomic E-state index is 12.9. The maximum absolute atomic E-state index is 12.9. The van der Waals surface area contributed by atoms with Crippen molar-refractivity contribution in [3.05, 3.63) is 61.2 Å². The first kappa shape index (κ1) is 29.6. The molecule has 3 heterocycles. The lowest BCUT2D eigenvalue weighted by Crippen LogP contribution is -2.42. The third-order valence-electron chi connectivity index (χ3n) is 6.46. The minimum Gasteiger partial charge on any atom is -0.497 e. The van der Waals surface area contributed by atoms with Crippen LogP contribution in [0, 0.1) is 0 Å². The van der Waals surface area contributed by atoms with Crippen molar-refractivity contribution in [2.24, 2.45) is 0 Å². The summed E-state index contributed by atoms with van der Waals surface area (Å²) in [5.74, 6) is -0.0104. The van der Waals surface area contributed by atoms with Gasteiger partial charge in [-0.25, -0.2) is 28.2 Å². The molecule has 0 saturated carbocycles. The molecule has 1 aliphatic heterocycles. The second-order valence-electron chi connectivity index (χ2n) is 9.31. The second kappa shape index (κ2) is 12.2. The van der Waals surface area contributed by atoms with Crippen LogP contribution >= 0.6 is 0 Å². The van der Waals surface area contributed by atoms with E-state index in [4.69, 9.17) is 9.47 Å². The van der Waals surface area contributed by atoms with Crippen LogP contribution in [0.2, 0.25) is 0 Å². The van der Waals surface area contributed by atoms with E-state index in [2.05, 4.69) is 35.6 Å². The lowest BCUT2D eigenvalue weighted by molar-refractivity contribution is -0.137. The number of carbonyl (C=O) groups excluding carboxylic acids is 2. The number of methoxy groups -OCH3 is 1. The van der Waals surface area contributed by atoms with Gasteiger partial charge in [0.15, 0.2) is 29.3 Å². The number of amides is 3. The predicted octanol–water partition coefficient (Wildman–Crippen LogP) is 1.03. The number of likely N-dealkylation sites (N-methyl/N-ethyl adjacent to an activating group) is 1. The number of benzene rings is 2. The highest BCUT2D eigenvalue weighted by molar-refractivity contribution is 7.92. The van der Waals surface area contributed by atoms with Crippen LogP contribution in [0.5, 0.6) is 5.75 Å². The largest absolute Gasteiger partial charge is 0.497 e. The van der Waals surface area contributed by atoms with Gasteiger partial charge >= 0.3 is 6.03 Å². The molecule has 17 heteroatoms. The first-order valence-corrected chi connectivity index (χ1v) is 14.4. The average molecular weight is 613 g/mol. The van der Waals surface area contributed by atoms with Gasteiger partial charge in [-0.2, -0.15) is 0 Å². The van der Waals surface area contributed by atoms with Gasteiger partial charge in [0.2, 0.25) is 0 Å². The number of urea groups is 1. The fourth-order valence-corrected chi connectivity index (χ4v) is 5.50. The van der Waals surface area contributed by atoms with Gasteiger partial charge in [-0.15, -0.1) is 0 Å². The molecule has 1 saturated heterocycles. The molecule has 0 aliphatic carbocycles. The Morgan fingerprint density at radius 3 is 2.51 bits per heavy atom. The normalized spacial score (nSPS) is 20.0. The Kier molecular flexibility index (Phi) is 8.40. The fourth-order valence-electron chi connectivity index (χ4n) is 4.39. The van der Waals surface area contributed by atoms with E-state index in [0.717, 1.165) is 6.33 Å². The van der Waals surface area contributed by atoms with Crippen LogP contribution in [0.3, 0.4) is 0 Å². The summed E-state index contributed by atoms with van der Waals surface area (Å²) in [4.78, 5) is 37.4. The van der Waals surface area contributed by atoms with Crippen LogP contribution < -0.4 is 25.4 Å². The van der Waals surface area contributed by atoms with Crippen molar-refractivity contribution in [2.75, 3.05) is 29.0 Å². The van der Waals surface area contributed by atoms with Crippen molar-refractivity contribution in [3.63, 3.8) is 0 Å². The van der Waals surface area contributed by atoms with Gasteiger partial charge < -0.3 is 30.3 Å². The van der Waals surface area contributed by atoms with Crippen LogP contribution in [0.4, 0.5) is 22.0 Å². The second-order valence-corrected chi connectivity index (χ2v) is 11.0. The molecule has 3 amide bonds. The summed E-state index contributed by atoms with van der Waals surface area (Å²) in [7, 11) is -2.47. The topological polar surface area (TPSA) is 219 Å². The van der Waals surface area contributed by atoms with E-state index in [-0.39, 0.29) is 27.6 Å². The number of aliphatic hydroxyl groups is 2. The first-order chi connectivity index (χ1) is 20.6. The number of sulfonamides is 1. The number of hydrogen-bond acceptors (Lipinski definition) is 11. The molecule has 0 spiro atoms. The molecule has 6 N–H and O–H groups in total. The van der Waals surface area contributed by atoms with Crippen molar-refractivity contribution in [3.8, 4) is 5.75 Å². The highest BCUT2D eigenvalue weighted by atomic mass is 32.2. The van der Waals surface area contributed by atoms with E-state index < -0.39 is 46.5 Å². The number of hydrogen-bond donors (Lipinski definition) is 6. The summed E-state index contributed by atoms with van der Waals surface area (Å²) in [6, 6.07) is 11.2. The van der Waals surface area contributed by atoms with Crippen molar-refractivity contribution >= 4 is 50.3 Å². The number of imidazole rings is 1. The summed E-state index contributed by atoms with van der Waals surface area (Å²) >= 11 is 0. The van der Waals surface area contributed by atoms with E-state index in [9.17, 15) is 28.2 Å². The molecule has 0 bridgehead atoms. The predicted molar refractivity (Wildman–Crippen MR) is 153 cm³/mol. The molecule has 4 atom stereocenters. The lowest BCUT2D eigenvalue weighted by atomic mass is 10.1. The zero-order valence-corrected chi connectivity index (χ0v) is 23.6. The Hall–Kier alpha value is -4.84. The fraction of sp³-hybridized carbons (Fsp3) is 0.269. The van der Waals surface area contributed by atoms with Crippen molar-refractivity contribution < 1.29 is 37.7 Å². The van der Waals surface area contributed by atoms with E-state index in [1.807, 2.05) is 0 Å². The Labute approximate surface area is 245 Å². The summed E-state index contributed by atoms with van der Waals surface area (Å²) in [6.07, 6.45) is -3.05. The van der Waals surface area contributed by atoms with Gasteiger partial charge in [-0.1, -0.05) is 6.07 Å². The molecule has 2 aromatic carbocycles.